The molecule has 1 rings (SSSR count). The number of carbonyl (C=O) groups is 1. The Hall–Kier alpha value is -1.62. The molecule has 4 N–H and O–H groups in total. The van der Waals surface area contributed by atoms with Crippen molar-refractivity contribution in [2.24, 2.45) is 0 Å². The monoisotopic (exact) mass is 226 g/mol. The fourth-order valence-electron chi connectivity index (χ4n) is 1.24. The van der Waals surface area contributed by atoms with Gasteiger partial charge in [0, 0.05) is 18.2 Å². The van der Waals surface area contributed by atoms with E-state index in [4.69, 9.17) is 10.8 Å². The van der Waals surface area contributed by atoms with Crippen LogP contribution in [0.4, 0.5) is 10.1 Å². The van der Waals surface area contributed by atoms with Crippen LogP contribution < -0.4 is 11.1 Å². The summed E-state index contributed by atoms with van der Waals surface area (Å²) in [5.41, 5.74) is 5.53. The maximum atomic E-state index is 13.1. The smallest absolute Gasteiger partial charge is 0.251 e. The van der Waals surface area contributed by atoms with Crippen LogP contribution in [0.25, 0.3) is 0 Å². The van der Waals surface area contributed by atoms with Crippen molar-refractivity contribution in [3.8, 4) is 0 Å². The summed E-state index contributed by atoms with van der Waals surface area (Å²) in [5.74, 6) is -0.984. The number of aliphatic hydroxyl groups is 1. The van der Waals surface area contributed by atoms with Crippen LogP contribution in [0.1, 0.15) is 23.7 Å². The SMILES string of the molecule is CC(CCO)NC(=O)c1ccc(N)c(F)c1. The Balaban J connectivity index is 2.69. The standard InChI is InChI=1S/C11H15FN2O2/c1-7(4-5-15)14-11(16)8-2-3-10(13)9(12)6-8/h2-3,6-7,15H,4-5,13H2,1H3,(H,14,16). The summed E-state index contributed by atoms with van der Waals surface area (Å²) in [7, 11) is 0. The second-order valence-electron chi connectivity index (χ2n) is 3.62. The topological polar surface area (TPSA) is 75.3 Å². The zero-order valence-corrected chi connectivity index (χ0v) is 9.03. The van der Waals surface area contributed by atoms with Crippen molar-refractivity contribution in [1.82, 2.24) is 5.32 Å². The number of rotatable bonds is 4. The highest BCUT2D eigenvalue weighted by Gasteiger charge is 2.10. The first-order valence-electron chi connectivity index (χ1n) is 5.01. The number of hydrogen-bond acceptors (Lipinski definition) is 3. The molecule has 0 aliphatic heterocycles. The van der Waals surface area contributed by atoms with Crippen molar-refractivity contribution in [3.63, 3.8) is 0 Å². The fraction of sp³-hybridized carbons (Fsp3) is 0.364. The van der Waals surface area contributed by atoms with Crippen LogP contribution in [-0.2, 0) is 0 Å². The summed E-state index contributed by atoms with van der Waals surface area (Å²) < 4.78 is 13.1. The minimum atomic E-state index is -0.609. The minimum absolute atomic E-state index is 0.00243. The number of hydrogen-bond donors (Lipinski definition) is 3. The Morgan fingerprint density at radius 1 is 1.62 bits per heavy atom. The molecule has 0 radical (unpaired) electrons. The third-order valence-electron chi connectivity index (χ3n) is 2.20. The van der Waals surface area contributed by atoms with E-state index >= 15 is 0 Å². The lowest BCUT2D eigenvalue weighted by atomic mass is 10.1. The van der Waals surface area contributed by atoms with Gasteiger partial charge in [0.1, 0.15) is 5.82 Å². The van der Waals surface area contributed by atoms with Crippen LogP contribution in [0.2, 0.25) is 0 Å². The predicted molar refractivity (Wildman–Crippen MR) is 59.4 cm³/mol. The van der Waals surface area contributed by atoms with Gasteiger partial charge in [0.05, 0.1) is 5.69 Å². The number of carbonyl (C=O) groups excluding carboxylic acids is 1. The third-order valence-corrected chi connectivity index (χ3v) is 2.20. The van der Waals surface area contributed by atoms with Gasteiger partial charge in [-0.15, -0.1) is 0 Å². The maximum Gasteiger partial charge on any atom is 0.251 e. The van der Waals surface area contributed by atoms with Crippen molar-refractivity contribution in [1.29, 1.82) is 0 Å². The van der Waals surface area contributed by atoms with Gasteiger partial charge in [-0.1, -0.05) is 0 Å². The predicted octanol–water partition coefficient (Wildman–Crippen LogP) is 0.909. The molecule has 0 aliphatic rings. The highest BCUT2D eigenvalue weighted by Crippen LogP contribution is 2.12. The minimum Gasteiger partial charge on any atom is -0.396 e. The summed E-state index contributed by atoms with van der Waals surface area (Å²) >= 11 is 0. The zero-order valence-electron chi connectivity index (χ0n) is 9.03. The van der Waals surface area contributed by atoms with Gasteiger partial charge in [-0.3, -0.25) is 4.79 Å². The number of anilines is 1. The van der Waals surface area contributed by atoms with Gasteiger partial charge in [0.15, 0.2) is 0 Å². The van der Waals surface area contributed by atoms with Crippen LogP contribution in [0.15, 0.2) is 18.2 Å². The van der Waals surface area contributed by atoms with Crippen LogP contribution in [-0.4, -0.2) is 23.7 Å². The first-order valence-corrected chi connectivity index (χ1v) is 5.01. The molecule has 1 aromatic carbocycles. The highest BCUT2D eigenvalue weighted by atomic mass is 19.1. The molecule has 16 heavy (non-hydrogen) atoms. The van der Waals surface area contributed by atoms with Crippen molar-refractivity contribution in [2.75, 3.05) is 12.3 Å². The van der Waals surface area contributed by atoms with E-state index in [0.29, 0.717) is 6.42 Å². The van der Waals surface area contributed by atoms with E-state index in [1.165, 1.54) is 12.1 Å². The lowest BCUT2D eigenvalue weighted by Crippen LogP contribution is -2.33. The Morgan fingerprint density at radius 3 is 2.88 bits per heavy atom. The van der Waals surface area contributed by atoms with E-state index in [9.17, 15) is 9.18 Å². The molecule has 5 heteroatoms. The number of benzene rings is 1. The van der Waals surface area contributed by atoms with Crippen molar-refractivity contribution >= 4 is 11.6 Å². The van der Waals surface area contributed by atoms with Gasteiger partial charge >= 0.3 is 0 Å². The van der Waals surface area contributed by atoms with Gasteiger partial charge in [0.25, 0.3) is 5.91 Å². The average Bonchev–Trinajstić information content (AvgIpc) is 2.22. The number of nitrogen functional groups attached to an aromatic ring is 1. The number of amides is 1. The number of aliphatic hydroxyl groups excluding tert-OH is 1. The Kier molecular flexibility index (Phi) is 4.25. The van der Waals surface area contributed by atoms with Crippen molar-refractivity contribution in [2.45, 2.75) is 19.4 Å². The summed E-state index contributed by atoms with van der Waals surface area (Å²) in [6.45, 7) is 1.76. The van der Waals surface area contributed by atoms with E-state index in [-0.39, 0.29) is 29.8 Å². The van der Waals surface area contributed by atoms with Crippen LogP contribution in [0.5, 0.6) is 0 Å². The van der Waals surface area contributed by atoms with Crippen LogP contribution >= 0.6 is 0 Å². The zero-order chi connectivity index (χ0) is 12.1. The molecule has 0 saturated heterocycles. The number of halogens is 1. The van der Waals surface area contributed by atoms with E-state index in [0.717, 1.165) is 6.07 Å². The first kappa shape index (κ1) is 12.4. The average molecular weight is 226 g/mol. The van der Waals surface area contributed by atoms with Crippen molar-refractivity contribution in [3.05, 3.63) is 29.6 Å². The molecule has 4 nitrogen and oxygen atoms in total. The second kappa shape index (κ2) is 5.46. The molecule has 0 bridgehead atoms. The third kappa shape index (κ3) is 3.20. The summed E-state index contributed by atoms with van der Waals surface area (Å²) in [6.07, 6.45) is 0.462. The molecule has 1 aromatic rings. The largest absolute Gasteiger partial charge is 0.396 e. The number of nitrogens with two attached hydrogens (primary N) is 1. The Bertz CT molecular complexity index is 382. The van der Waals surface area contributed by atoms with Gasteiger partial charge < -0.3 is 16.2 Å². The lowest BCUT2D eigenvalue weighted by molar-refractivity contribution is 0.0934. The molecule has 0 saturated carbocycles. The van der Waals surface area contributed by atoms with E-state index < -0.39 is 5.82 Å². The van der Waals surface area contributed by atoms with Crippen molar-refractivity contribution < 1.29 is 14.3 Å². The first-order chi connectivity index (χ1) is 7.54. The molecular formula is C11H15FN2O2. The molecule has 0 aromatic heterocycles. The molecule has 1 amide bonds. The normalized spacial score (nSPS) is 12.2. The molecule has 1 atom stereocenters. The molecular weight excluding hydrogens is 211 g/mol. The molecule has 88 valence electrons. The van der Waals surface area contributed by atoms with Crippen LogP contribution in [0.3, 0.4) is 0 Å². The molecule has 1 unspecified atom stereocenters. The van der Waals surface area contributed by atoms with Gasteiger partial charge in [-0.25, -0.2) is 4.39 Å². The summed E-state index contributed by atoms with van der Waals surface area (Å²) in [5, 5.41) is 11.3. The van der Waals surface area contributed by atoms with Crippen LogP contribution in [0, 0.1) is 5.82 Å². The highest BCUT2D eigenvalue weighted by molar-refractivity contribution is 5.94. The van der Waals surface area contributed by atoms with E-state index in [1.54, 1.807) is 6.92 Å². The van der Waals surface area contributed by atoms with E-state index in [1.807, 2.05) is 0 Å². The lowest BCUT2D eigenvalue weighted by Gasteiger charge is -2.12. The Labute approximate surface area is 93.3 Å². The fourth-order valence-corrected chi connectivity index (χ4v) is 1.24. The Morgan fingerprint density at radius 2 is 2.31 bits per heavy atom. The molecule has 0 aliphatic carbocycles. The van der Waals surface area contributed by atoms with Gasteiger partial charge in [-0.2, -0.15) is 0 Å². The summed E-state index contributed by atoms with van der Waals surface area (Å²) in [4.78, 5) is 11.6. The van der Waals surface area contributed by atoms with Gasteiger partial charge in [0.2, 0.25) is 0 Å². The molecule has 0 spiro atoms. The van der Waals surface area contributed by atoms with Gasteiger partial charge in [-0.05, 0) is 31.5 Å². The molecule has 0 heterocycles. The van der Waals surface area contributed by atoms with E-state index in [2.05, 4.69) is 5.32 Å². The quantitative estimate of drug-likeness (QED) is 0.668. The summed E-state index contributed by atoms with van der Waals surface area (Å²) in [6, 6.07) is 3.74. The second-order valence-corrected chi connectivity index (χ2v) is 3.62. The maximum absolute atomic E-state index is 13.1. The molecule has 0 fully saturated rings. The number of nitrogens with one attached hydrogen (secondary N) is 1.